The van der Waals surface area contributed by atoms with E-state index >= 15 is 0 Å². The third-order valence-electron chi connectivity index (χ3n) is 2.59. The van der Waals surface area contributed by atoms with Crippen molar-refractivity contribution in [1.29, 1.82) is 0 Å². The maximum Gasteiger partial charge on any atom is 0.234 e. The number of carbonyl (C=O) groups excluding carboxylic acids is 1. The van der Waals surface area contributed by atoms with Crippen molar-refractivity contribution in [3.8, 4) is 5.75 Å². The van der Waals surface area contributed by atoms with Gasteiger partial charge in [0.25, 0.3) is 0 Å². The van der Waals surface area contributed by atoms with Crippen molar-refractivity contribution < 1.29 is 9.53 Å². The molecule has 4 nitrogen and oxygen atoms in total. The van der Waals surface area contributed by atoms with Crippen LogP contribution in [-0.4, -0.2) is 23.8 Å². The highest BCUT2D eigenvalue weighted by Gasteiger charge is 2.05. The second-order valence-corrected chi connectivity index (χ2v) is 5.24. The number of rotatable bonds is 5. The normalized spacial score (nSPS) is 10.1. The number of thioether (sulfide) groups is 1. The Morgan fingerprint density at radius 3 is 2.90 bits per heavy atom. The molecule has 0 aliphatic carbocycles. The molecule has 2 rings (SSSR count). The van der Waals surface area contributed by atoms with Crippen LogP contribution in [0.15, 0.2) is 47.6 Å². The summed E-state index contributed by atoms with van der Waals surface area (Å²) in [5, 5.41) is 3.67. The molecule has 0 spiro atoms. The van der Waals surface area contributed by atoms with Gasteiger partial charge in [0.1, 0.15) is 5.75 Å². The summed E-state index contributed by atoms with van der Waals surface area (Å²) in [6.45, 7) is 1.98. The number of anilines is 1. The Balaban J connectivity index is 1.87. The number of hydrogen-bond acceptors (Lipinski definition) is 4. The summed E-state index contributed by atoms with van der Waals surface area (Å²) in [5.74, 6) is 0.981. The lowest BCUT2D eigenvalue weighted by atomic mass is 10.3. The van der Waals surface area contributed by atoms with Crippen LogP contribution in [-0.2, 0) is 4.79 Å². The lowest BCUT2D eigenvalue weighted by Gasteiger charge is -2.06. The molecule has 20 heavy (non-hydrogen) atoms. The van der Waals surface area contributed by atoms with E-state index in [1.807, 2.05) is 37.3 Å². The van der Waals surface area contributed by atoms with Crippen molar-refractivity contribution in [2.75, 3.05) is 18.2 Å². The summed E-state index contributed by atoms with van der Waals surface area (Å²) in [6, 6.07) is 11.2. The molecule has 0 aliphatic rings. The van der Waals surface area contributed by atoms with Gasteiger partial charge in [0, 0.05) is 18.0 Å². The van der Waals surface area contributed by atoms with E-state index in [4.69, 9.17) is 4.74 Å². The molecular weight excluding hydrogens is 272 g/mol. The molecular formula is C15H16N2O2S. The molecule has 0 atom stereocenters. The van der Waals surface area contributed by atoms with Gasteiger partial charge in [-0.25, -0.2) is 4.98 Å². The lowest BCUT2D eigenvalue weighted by molar-refractivity contribution is -0.113. The van der Waals surface area contributed by atoms with Crippen LogP contribution >= 0.6 is 11.8 Å². The first-order valence-electron chi connectivity index (χ1n) is 6.17. The van der Waals surface area contributed by atoms with E-state index in [-0.39, 0.29) is 5.91 Å². The van der Waals surface area contributed by atoms with E-state index in [1.165, 1.54) is 11.8 Å². The van der Waals surface area contributed by atoms with Crippen LogP contribution in [0.5, 0.6) is 5.75 Å². The van der Waals surface area contributed by atoms with Gasteiger partial charge in [-0.05, 0) is 30.7 Å². The van der Waals surface area contributed by atoms with Crippen molar-refractivity contribution in [3.63, 3.8) is 0 Å². The van der Waals surface area contributed by atoms with E-state index in [0.29, 0.717) is 5.75 Å². The standard InChI is InChI=1S/C15H16N2O2S/c1-11-6-7-15(16-9-11)20-10-14(18)17-12-4-3-5-13(8-12)19-2/h3-9H,10H2,1-2H3,(H,17,18). The second kappa shape index (κ2) is 6.96. The molecule has 0 unspecified atom stereocenters. The van der Waals surface area contributed by atoms with E-state index in [1.54, 1.807) is 19.4 Å². The van der Waals surface area contributed by atoms with Gasteiger partial charge in [-0.1, -0.05) is 23.9 Å². The molecule has 104 valence electrons. The number of hydrogen-bond donors (Lipinski definition) is 1. The fourth-order valence-corrected chi connectivity index (χ4v) is 2.22. The minimum absolute atomic E-state index is 0.0642. The quantitative estimate of drug-likeness (QED) is 0.859. The SMILES string of the molecule is COc1cccc(NC(=O)CSc2ccc(C)cn2)c1. The van der Waals surface area contributed by atoms with Gasteiger partial charge in [0.05, 0.1) is 17.9 Å². The number of carbonyl (C=O) groups is 1. The maximum absolute atomic E-state index is 11.9. The number of nitrogens with zero attached hydrogens (tertiary/aromatic N) is 1. The molecule has 5 heteroatoms. The fraction of sp³-hybridized carbons (Fsp3) is 0.200. The molecule has 0 saturated heterocycles. The van der Waals surface area contributed by atoms with E-state index in [9.17, 15) is 4.79 Å². The van der Waals surface area contributed by atoms with Crippen molar-refractivity contribution >= 4 is 23.4 Å². The first kappa shape index (κ1) is 14.4. The summed E-state index contributed by atoms with van der Waals surface area (Å²) in [5.41, 5.74) is 1.84. The van der Waals surface area contributed by atoms with Crippen molar-refractivity contribution in [3.05, 3.63) is 48.2 Å². The Morgan fingerprint density at radius 2 is 2.20 bits per heavy atom. The van der Waals surface area contributed by atoms with Gasteiger partial charge in [-0.15, -0.1) is 0 Å². The largest absolute Gasteiger partial charge is 0.497 e. The summed E-state index contributed by atoms with van der Waals surface area (Å²) in [4.78, 5) is 16.1. The number of ether oxygens (including phenoxy) is 1. The zero-order valence-corrected chi connectivity index (χ0v) is 12.2. The molecule has 0 aliphatic heterocycles. The zero-order valence-electron chi connectivity index (χ0n) is 11.4. The molecule has 0 saturated carbocycles. The Kier molecular flexibility index (Phi) is 5.01. The highest BCUT2D eigenvalue weighted by Crippen LogP contribution is 2.18. The third kappa shape index (κ3) is 4.28. The number of amides is 1. The summed E-state index contributed by atoms with van der Waals surface area (Å²) >= 11 is 1.41. The Morgan fingerprint density at radius 1 is 1.35 bits per heavy atom. The first-order valence-corrected chi connectivity index (χ1v) is 7.15. The fourth-order valence-electron chi connectivity index (χ4n) is 1.58. The molecule has 0 fully saturated rings. The van der Waals surface area contributed by atoms with Gasteiger partial charge < -0.3 is 10.1 Å². The van der Waals surface area contributed by atoms with Crippen molar-refractivity contribution in [1.82, 2.24) is 4.98 Å². The Bertz CT molecular complexity index is 585. The predicted octanol–water partition coefficient (Wildman–Crippen LogP) is 3.13. The number of nitrogens with one attached hydrogen (secondary N) is 1. The van der Waals surface area contributed by atoms with Gasteiger partial charge >= 0.3 is 0 Å². The van der Waals surface area contributed by atoms with Crippen LogP contribution < -0.4 is 10.1 Å². The first-order chi connectivity index (χ1) is 9.67. The number of aromatic nitrogens is 1. The second-order valence-electron chi connectivity index (χ2n) is 4.24. The van der Waals surface area contributed by atoms with Crippen LogP contribution in [0.4, 0.5) is 5.69 Å². The Labute approximate surface area is 122 Å². The van der Waals surface area contributed by atoms with Crippen LogP contribution in [0.1, 0.15) is 5.56 Å². The van der Waals surface area contributed by atoms with Crippen LogP contribution in [0.25, 0.3) is 0 Å². The van der Waals surface area contributed by atoms with Gasteiger partial charge in [-0.3, -0.25) is 4.79 Å². The molecule has 2 aromatic rings. The van der Waals surface area contributed by atoms with Crippen LogP contribution in [0, 0.1) is 6.92 Å². The highest BCUT2D eigenvalue weighted by atomic mass is 32.2. The van der Waals surface area contributed by atoms with E-state index in [2.05, 4.69) is 10.3 Å². The van der Waals surface area contributed by atoms with Crippen molar-refractivity contribution in [2.45, 2.75) is 11.9 Å². The summed E-state index contributed by atoms with van der Waals surface area (Å²) in [7, 11) is 1.60. The maximum atomic E-state index is 11.9. The molecule has 1 aromatic heterocycles. The lowest BCUT2D eigenvalue weighted by Crippen LogP contribution is -2.14. The van der Waals surface area contributed by atoms with Crippen LogP contribution in [0.3, 0.4) is 0 Å². The van der Waals surface area contributed by atoms with E-state index < -0.39 is 0 Å². The van der Waals surface area contributed by atoms with Gasteiger partial charge in [0.2, 0.25) is 5.91 Å². The zero-order chi connectivity index (χ0) is 14.4. The van der Waals surface area contributed by atoms with Gasteiger partial charge in [-0.2, -0.15) is 0 Å². The average molecular weight is 288 g/mol. The topological polar surface area (TPSA) is 51.2 Å². The number of pyridine rings is 1. The molecule has 1 amide bonds. The minimum Gasteiger partial charge on any atom is -0.497 e. The number of benzene rings is 1. The number of methoxy groups -OCH3 is 1. The molecule has 0 radical (unpaired) electrons. The summed E-state index contributed by atoms with van der Waals surface area (Å²) < 4.78 is 5.11. The minimum atomic E-state index is -0.0642. The molecule has 0 bridgehead atoms. The monoisotopic (exact) mass is 288 g/mol. The van der Waals surface area contributed by atoms with Crippen LogP contribution in [0.2, 0.25) is 0 Å². The van der Waals surface area contributed by atoms with E-state index in [0.717, 1.165) is 22.0 Å². The summed E-state index contributed by atoms with van der Waals surface area (Å²) in [6.07, 6.45) is 1.79. The Hall–Kier alpha value is -2.01. The number of aryl methyl sites for hydroxylation is 1. The molecule has 1 heterocycles. The molecule has 1 aromatic carbocycles. The third-order valence-corrected chi connectivity index (χ3v) is 3.53. The predicted molar refractivity (Wildman–Crippen MR) is 81.3 cm³/mol. The highest BCUT2D eigenvalue weighted by molar-refractivity contribution is 7.99. The molecule has 1 N–H and O–H groups in total. The van der Waals surface area contributed by atoms with Gasteiger partial charge in [0.15, 0.2) is 0 Å². The smallest absolute Gasteiger partial charge is 0.234 e. The average Bonchev–Trinajstić information content (AvgIpc) is 2.47. The van der Waals surface area contributed by atoms with Crippen molar-refractivity contribution in [2.24, 2.45) is 0 Å².